The number of nitrogens with one attached hydrogen (secondary N) is 4. The summed E-state index contributed by atoms with van der Waals surface area (Å²) in [6.07, 6.45) is 0. The van der Waals surface area contributed by atoms with Crippen LogP contribution < -0.4 is 20.4 Å². The van der Waals surface area contributed by atoms with Crippen molar-refractivity contribution >= 4 is 17.5 Å². The molecule has 0 radical (unpaired) electrons. The van der Waals surface area contributed by atoms with Crippen LogP contribution in [0, 0.1) is 0 Å². The quantitative estimate of drug-likeness (QED) is 0.516. The topological polar surface area (TPSA) is 67.1 Å². The predicted molar refractivity (Wildman–Crippen MR) is 108 cm³/mol. The Morgan fingerprint density at radius 1 is 0.963 bits per heavy atom. The van der Waals surface area contributed by atoms with E-state index >= 15 is 0 Å². The Morgan fingerprint density at radius 2 is 1.56 bits per heavy atom. The minimum absolute atomic E-state index is 0.0586. The predicted octanol–water partition coefficient (Wildman–Crippen LogP) is -0.555. The molecule has 1 aromatic rings. The minimum Gasteiger partial charge on any atom is -0.349 e. The monoisotopic (exact) mass is 376 g/mol. The molecular weight excluding hydrogens is 340 g/mol. The van der Waals surface area contributed by atoms with Crippen molar-refractivity contribution in [2.75, 3.05) is 38.0 Å². The van der Waals surface area contributed by atoms with Gasteiger partial charge in [-0.1, -0.05) is 26.0 Å². The van der Waals surface area contributed by atoms with Gasteiger partial charge in [0.05, 0.1) is 0 Å². The van der Waals surface area contributed by atoms with Crippen LogP contribution in [0.4, 0.5) is 5.69 Å². The molecule has 1 aromatic carbocycles. The average molecular weight is 377 g/mol. The molecule has 0 spiro atoms. The van der Waals surface area contributed by atoms with Crippen molar-refractivity contribution in [3.8, 4) is 0 Å². The molecule has 27 heavy (non-hydrogen) atoms. The number of hydrogen-bond donors (Lipinski definition) is 4. The summed E-state index contributed by atoms with van der Waals surface area (Å²) in [7, 11) is 0. The molecule has 1 saturated heterocycles. The van der Waals surface area contributed by atoms with Gasteiger partial charge in [0.1, 0.15) is 26.2 Å². The number of carbonyl (C=O) groups is 2. The van der Waals surface area contributed by atoms with Gasteiger partial charge >= 0.3 is 0 Å². The van der Waals surface area contributed by atoms with Crippen LogP contribution in [0.5, 0.6) is 0 Å². The van der Waals surface area contributed by atoms with E-state index in [9.17, 15) is 9.59 Å². The second-order valence-electron chi connectivity index (χ2n) is 8.29. The molecule has 150 valence electrons. The largest absolute Gasteiger partial charge is 0.349 e. The molecule has 2 rings (SSSR count). The lowest BCUT2D eigenvalue weighted by molar-refractivity contribution is -1.01. The van der Waals surface area contributed by atoms with E-state index in [1.54, 1.807) is 0 Å². The second-order valence-corrected chi connectivity index (χ2v) is 8.29. The molecule has 0 aliphatic carbocycles. The molecule has 0 aromatic heterocycles. The van der Waals surface area contributed by atoms with Crippen molar-refractivity contribution in [2.45, 2.75) is 52.6 Å². The Kier molecular flexibility index (Phi) is 7.80. The van der Waals surface area contributed by atoms with Gasteiger partial charge < -0.3 is 20.4 Å². The first kappa shape index (κ1) is 21.4. The third-order valence-electron chi connectivity index (χ3n) is 5.31. The van der Waals surface area contributed by atoms with Crippen LogP contribution in [0.1, 0.15) is 46.1 Å². The van der Waals surface area contributed by atoms with Gasteiger partial charge in [0, 0.05) is 11.7 Å². The van der Waals surface area contributed by atoms with E-state index in [0.717, 1.165) is 31.9 Å². The first-order chi connectivity index (χ1) is 12.8. The zero-order valence-corrected chi connectivity index (χ0v) is 17.4. The summed E-state index contributed by atoms with van der Waals surface area (Å²) in [5, 5.41) is 5.99. The SMILES string of the molecule is CC(C)NC(=O)C[NH+]1CC[NH+]([C@H](C)C(=O)Nc2ccc(C(C)C)cc2)CC1. The molecule has 0 bridgehead atoms. The second kappa shape index (κ2) is 9.85. The highest BCUT2D eigenvalue weighted by atomic mass is 16.2. The maximum Gasteiger partial charge on any atom is 0.282 e. The smallest absolute Gasteiger partial charge is 0.282 e. The summed E-state index contributed by atoms with van der Waals surface area (Å²) < 4.78 is 0. The van der Waals surface area contributed by atoms with Crippen molar-refractivity contribution in [3.63, 3.8) is 0 Å². The van der Waals surface area contributed by atoms with Crippen LogP contribution in [-0.4, -0.2) is 56.6 Å². The molecule has 4 N–H and O–H groups in total. The summed E-state index contributed by atoms with van der Waals surface area (Å²) in [6.45, 7) is 14.4. The van der Waals surface area contributed by atoms with Crippen LogP contribution in [0.2, 0.25) is 0 Å². The van der Waals surface area contributed by atoms with E-state index in [-0.39, 0.29) is 23.9 Å². The summed E-state index contributed by atoms with van der Waals surface area (Å²) in [6, 6.07) is 8.18. The van der Waals surface area contributed by atoms with Gasteiger partial charge in [-0.05, 0) is 44.4 Å². The van der Waals surface area contributed by atoms with Crippen LogP contribution in [0.15, 0.2) is 24.3 Å². The summed E-state index contributed by atoms with van der Waals surface area (Å²) >= 11 is 0. The first-order valence-electron chi connectivity index (χ1n) is 10.1. The lowest BCUT2D eigenvalue weighted by Gasteiger charge is -2.32. The molecular formula is C21H36N4O2+2. The highest BCUT2D eigenvalue weighted by Gasteiger charge is 2.31. The van der Waals surface area contributed by atoms with Gasteiger partial charge in [-0.3, -0.25) is 9.59 Å². The van der Waals surface area contributed by atoms with Crippen molar-refractivity contribution in [2.24, 2.45) is 0 Å². The number of anilines is 1. The third-order valence-corrected chi connectivity index (χ3v) is 5.31. The zero-order chi connectivity index (χ0) is 20.0. The molecule has 0 saturated carbocycles. The van der Waals surface area contributed by atoms with Crippen LogP contribution in [-0.2, 0) is 9.59 Å². The van der Waals surface area contributed by atoms with E-state index in [1.807, 2.05) is 32.9 Å². The number of hydrogen-bond acceptors (Lipinski definition) is 2. The molecule has 6 heteroatoms. The summed E-state index contributed by atoms with van der Waals surface area (Å²) in [5.41, 5.74) is 2.12. The van der Waals surface area contributed by atoms with Crippen molar-refractivity contribution in [3.05, 3.63) is 29.8 Å². The lowest BCUT2D eigenvalue weighted by atomic mass is 10.0. The number of carbonyl (C=O) groups excluding carboxylic acids is 2. The molecule has 1 fully saturated rings. The maximum absolute atomic E-state index is 12.6. The van der Waals surface area contributed by atoms with Gasteiger partial charge in [0.25, 0.3) is 11.8 Å². The van der Waals surface area contributed by atoms with E-state index < -0.39 is 0 Å². The fraction of sp³-hybridized carbons (Fsp3) is 0.619. The Hall–Kier alpha value is -1.92. The average Bonchev–Trinajstić information content (AvgIpc) is 2.61. The summed E-state index contributed by atoms with van der Waals surface area (Å²) in [5.74, 6) is 0.655. The molecule has 1 aliphatic heterocycles. The molecule has 1 heterocycles. The van der Waals surface area contributed by atoms with E-state index in [1.165, 1.54) is 15.4 Å². The number of benzene rings is 1. The van der Waals surface area contributed by atoms with E-state index in [4.69, 9.17) is 0 Å². The molecule has 1 atom stereocenters. The number of quaternary nitrogens is 2. The Bertz CT molecular complexity index is 620. The van der Waals surface area contributed by atoms with Crippen molar-refractivity contribution < 1.29 is 19.4 Å². The molecule has 1 aliphatic rings. The van der Waals surface area contributed by atoms with Crippen LogP contribution >= 0.6 is 0 Å². The molecule has 2 amide bonds. The summed E-state index contributed by atoms with van der Waals surface area (Å²) in [4.78, 5) is 27.1. The van der Waals surface area contributed by atoms with Crippen molar-refractivity contribution in [1.29, 1.82) is 0 Å². The van der Waals surface area contributed by atoms with Crippen LogP contribution in [0.3, 0.4) is 0 Å². The van der Waals surface area contributed by atoms with Gasteiger partial charge in [-0.15, -0.1) is 0 Å². The van der Waals surface area contributed by atoms with E-state index in [2.05, 4.69) is 36.6 Å². The number of amides is 2. The van der Waals surface area contributed by atoms with Gasteiger partial charge in [0.2, 0.25) is 0 Å². The Labute approximate surface area is 163 Å². The highest BCUT2D eigenvalue weighted by Crippen LogP contribution is 2.17. The Morgan fingerprint density at radius 3 is 2.07 bits per heavy atom. The lowest BCUT2D eigenvalue weighted by Crippen LogP contribution is -3.30. The minimum atomic E-state index is -0.0965. The normalized spacial score (nSPS) is 21.1. The van der Waals surface area contributed by atoms with E-state index in [0.29, 0.717) is 12.5 Å². The standard InChI is InChI=1S/C21H34N4O2/c1-15(2)18-6-8-19(9-7-18)23-21(27)17(5)25-12-10-24(11-13-25)14-20(26)22-16(3)4/h6-9,15-17H,10-14H2,1-5H3,(H,22,26)(H,23,27)/p+2/t17-/m1/s1. The highest BCUT2D eigenvalue weighted by molar-refractivity contribution is 5.93. The molecule has 0 unspecified atom stereocenters. The first-order valence-corrected chi connectivity index (χ1v) is 10.1. The van der Waals surface area contributed by atoms with Gasteiger partial charge in [-0.2, -0.15) is 0 Å². The van der Waals surface area contributed by atoms with Crippen LogP contribution in [0.25, 0.3) is 0 Å². The third kappa shape index (κ3) is 6.63. The zero-order valence-electron chi connectivity index (χ0n) is 17.4. The van der Waals surface area contributed by atoms with Gasteiger partial charge in [0.15, 0.2) is 12.6 Å². The fourth-order valence-corrected chi connectivity index (χ4v) is 3.52. The Balaban J connectivity index is 1.79. The van der Waals surface area contributed by atoms with Crippen molar-refractivity contribution in [1.82, 2.24) is 5.32 Å². The van der Waals surface area contributed by atoms with Gasteiger partial charge in [-0.25, -0.2) is 0 Å². The molecule has 6 nitrogen and oxygen atoms in total. The maximum atomic E-state index is 12.6. The number of piperazine rings is 1. The fourth-order valence-electron chi connectivity index (χ4n) is 3.52. The number of rotatable bonds is 7.